The molecule has 3 heterocycles. The maximum Gasteiger partial charge on any atom is 0.318 e. The summed E-state index contributed by atoms with van der Waals surface area (Å²) in [7, 11) is 0. The first-order chi connectivity index (χ1) is 12.7. The second kappa shape index (κ2) is 9.14. The van der Waals surface area contributed by atoms with Crippen LogP contribution in [0, 0.1) is 6.92 Å². The molecule has 142 valence electrons. The molecule has 1 aliphatic heterocycles. The second-order valence-corrected chi connectivity index (χ2v) is 7.87. The Kier molecular flexibility index (Phi) is 6.62. The van der Waals surface area contributed by atoms with E-state index in [2.05, 4.69) is 41.4 Å². The number of nitrogens with one attached hydrogen (secondary N) is 1. The van der Waals surface area contributed by atoms with Gasteiger partial charge in [0, 0.05) is 22.9 Å². The zero-order valence-corrected chi connectivity index (χ0v) is 16.2. The van der Waals surface area contributed by atoms with Gasteiger partial charge in [0.15, 0.2) is 5.82 Å². The SMILES string of the molecule is CCCCN(Cc1ccc(C)s1)C(=O)NCc1noc([C@H]2CCCO2)n1. The van der Waals surface area contributed by atoms with Gasteiger partial charge in [-0.3, -0.25) is 0 Å². The summed E-state index contributed by atoms with van der Waals surface area (Å²) in [6.07, 6.45) is 3.83. The highest BCUT2D eigenvalue weighted by Gasteiger charge is 2.24. The summed E-state index contributed by atoms with van der Waals surface area (Å²) in [5.41, 5.74) is 0. The van der Waals surface area contributed by atoms with Gasteiger partial charge in [0.05, 0.1) is 13.1 Å². The molecule has 0 aromatic carbocycles. The molecule has 1 N–H and O–H groups in total. The Balaban J connectivity index is 1.54. The molecule has 26 heavy (non-hydrogen) atoms. The highest BCUT2D eigenvalue weighted by molar-refractivity contribution is 7.11. The van der Waals surface area contributed by atoms with E-state index in [1.807, 2.05) is 4.90 Å². The maximum absolute atomic E-state index is 12.6. The van der Waals surface area contributed by atoms with Gasteiger partial charge < -0.3 is 19.5 Å². The van der Waals surface area contributed by atoms with Gasteiger partial charge in [-0.15, -0.1) is 11.3 Å². The number of carbonyl (C=O) groups is 1. The molecule has 1 fully saturated rings. The zero-order chi connectivity index (χ0) is 18.4. The van der Waals surface area contributed by atoms with Crippen LogP contribution < -0.4 is 5.32 Å². The van der Waals surface area contributed by atoms with Crippen LogP contribution >= 0.6 is 11.3 Å². The topological polar surface area (TPSA) is 80.5 Å². The van der Waals surface area contributed by atoms with Crippen LogP contribution in [-0.2, 0) is 17.8 Å². The van der Waals surface area contributed by atoms with Crippen molar-refractivity contribution < 1.29 is 14.1 Å². The molecule has 1 atom stereocenters. The van der Waals surface area contributed by atoms with Crippen molar-refractivity contribution in [2.45, 2.75) is 58.7 Å². The van der Waals surface area contributed by atoms with Crippen molar-refractivity contribution in [1.29, 1.82) is 0 Å². The monoisotopic (exact) mass is 378 g/mol. The van der Waals surface area contributed by atoms with Crippen molar-refractivity contribution in [2.24, 2.45) is 0 Å². The van der Waals surface area contributed by atoms with Crippen molar-refractivity contribution >= 4 is 17.4 Å². The van der Waals surface area contributed by atoms with Crippen LogP contribution in [-0.4, -0.2) is 34.2 Å². The molecule has 0 unspecified atom stereocenters. The van der Waals surface area contributed by atoms with E-state index in [4.69, 9.17) is 9.26 Å². The van der Waals surface area contributed by atoms with Crippen LogP contribution in [0.15, 0.2) is 16.7 Å². The molecule has 2 aromatic heterocycles. The normalized spacial score (nSPS) is 16.8. The number of hydrogen-bond acceptors (Lipinski definition) is 6. The first kappa shape index (κ1) is 18.8. The molecular formula is C18H26N4O3S. The number of ether oxygens (including phenoxy) is 1. The standard InChI is InChI=1S/C18H26N4O3S/c1-3-4-9-22(12-14-8-7-13(2)26-14)18(23)19-11-16-20-17(25-21-16)15-6-5-10-24-15/h7-8,15H,3-6,9-12H2,1-2H3,(H,19,23)/t15-/m1/s1. The fourth-order valence-electron chi connectivity index (χ4n) is 2.87. The van der Waals surface area contributed by atoms with Gasteiger partial charge in [-0.2, -0.15) is 4.98 Å². The quantitative estimate of drug-likeness (QED) is 0.756. The maximum atomic E-state index is 12.6. The summed E-state index contributed by atoms with van der Waals surface area (Å²) in [4.78, 5) is 21.2. The predicted octanol–water partition coefficient (Wildman–Crippen LogP) is 3.80. The Morgan fingerprint density at radius 3 is 3.04 bits per heavy atom. The van der Waals surface area contributed by atoms with Crippen molar-refractivity contribution in [2.75, 3.05) is 13.2 Å². The minimum Gasteiger partial charge on any atom is -0.368 e. The number of unbranched alkanes of at least 4 members (excludes halogenated alkanes) is 1. The third-order valence-electron chi connectivity index (χ3n) is 4.30. The number of aryl methyl sites for hydroxylation is 1. The largest absolute Gasteiger partial charge is 0.368 e. The summed E-state index contributed by atoms with van der Waals surface area (Å²) < 4.78 is 10.8. The summed E-state index contributed by atoms with van der Waals surface area (Å²) in [5.74, 6) is 0.981. The Morgan fingerprint density at radius 1 is 1.46 bits per heavy atom. The average Bonchev–Trinajstić information content (AvgIpc) is 3.37. The molecule has 2 amide bonds. The first-order valence-electron chi connectivity index (χ1n) is 9.18. The van der Waals surface area contributed by atoms with E-state index in [0.717, 1.165) is 38.8 Å². The van der Waals surface area contributed by atoms with Gasteiger partial charge in [-0.25, -0.2) is 4.79 Å². The lowest BCUT2D eigenvalue weighted by Crippen LogP contribution is -2.39. The lowest BCUT2D eigenvalue weighted by molar-refractivity contribution is 0.0835. The number of thiophene rings is 1. The van der Waals surface area contributed by atoms with Gasteiger partial charge in [0.25, 0.3) is 5.89 Å². The third-order valence-corrected chi connectivity index (χ3v) is 5.28. The van der Waals surface area contributed by atoms with E-state index in [1.54, 1.807) is 11.3 Å². The van der Waals surface area contributed by atoms with E-state index in [-0.39, 0.29) is 18.7 Å². The van der Waals surface area contributed by atoms with Crippen molar-refractivity contribution in [3.05, 3.63) is 33.6 Å². The Labute approximate surface area is 157 Å². The Bertz CT molecular complexity index is 709. The number of rotatable bonds is 8. The second-order valence-electron chi connectivity index (χ2n) is 6.50. The third kappa shape index (κ3) is 5.04. The average molecular weight is 378 g/mol. The summed E-state index contributed by atoms with van der Waals surface area (Å²) in [6.45, 7) is 6.53. The molecule has 0 spiro atoms. The number of hydrogen-bond donors (Lipinski definition) is 1. The molecule has 1 aliphatic rings. The van der Waals surface area contributed by atoms with E-state index in [9.17, 15) is 4.79 Å². The van der Waals surface area contributed by atoms with Gasteiger partial charge in [-0.1, -0.05) is 18.5 Å². The van der Waals surface area contributed by atoms with E-state index in [0.29, 0.717) is 18.3 Å². The fraction of sp³-hybridized carbons (Fsp3) is 0.611. The summed E-state index contributed by atoms with van der Waals surface area (Å²) in [5, 5.41) is 6.85. The summed E-state index contributed by atoms with van der Waals surface area (Å²) in [6, 6.07) is 4.06. The Morgan fingerprint density at radius 2 is 2.35 bits per heavy atom. The molecule has 0 aliphatic carbocycles. The molecule has 7 nitrogen and oxygen atoms in total. The van der Waals surface area contributed by atoms with Crippen LogP contribution in [0.5, 0.6) is 0 Å². The predicted molar refractivity (Wildman–Crippen MR) is 98.8 cm³/mol. The molecule has 0 radical (unpaired) electrons. The lowest BCUT2D eigenvalue weighted by atomic mass is 10.2. The number of carbonyl (C=O) groups excluding carboxylic acids is 1. The van der Waals surface area contributed by atoms with Crippen molar-refractivity contribution in [3.8, 4) is 0 Å². The van der Waals surface area contributed by atoms with Crippen LogP contribution in [0.1, 0.15) is 60.2 Å². The fourth-order valence-corrected chi connectivity index (χ4v) is 3.77. The number of amides is 2. The van der Waals surface area contributed by atoms with Crippen molar-refractivity contribution in [3.63, 3.8) is 0 Å². The Hall–Kier alpha value is -1.93. The van der Waals surface area contributed by atoms with Crippen LogP contribution in [0.4, 0.5) is 4.79 Å². The van der Waals surface area contributed by atoms with Gasteiger partial charge >= 0.3 is 6.03 Å². The number of urea groups is 1. The molecular weight excluding hydrogens is 352 g/mol. The van der Waals surface area contributed by atoms with Crippen LogP contribution in [0.2, 0.25) is 0 Å². The van der Waals surface area contributed by atoms with Crippen LogP contribution in [0.3, 0.4) is 0 Å². The van der Waals surface area contributed by atoms with Gasteiger partial charge in [-0.05, 0) is 38.3 Å². The highest BCUT2D eigenvalue weighted by Crippen LogP contribution is 2.26. The first-order valence-corrected chi connectivity index (χ1v) is 9.99. The molecule has 0 bridgehead atoms. The van der Waals surface area contributed by atoms with Gasteiger partial charge in [0.2, 0.25) is 0 Å². The van der Waals surface area contributed by atoms with E-state index in [1.165, 1.54) is 9.75 Å². The number of nitrogens with zero attached hydrogens (tertiary/aromatic N) is 3. The lowest BCUT2D eigenvalue weighted by Gasteiger charge is -2.22. The smallest absolute Gasteiger partial charge is 0.318 e. The minimum atomic E-state index is -0.104. The van der Waals surface area contributed by atoms with Crippen molar-refractivity contribution in [1.82, 2.24) is 20.4 Å². The molecule has 0 saturated carbocycles. The van der Waals surface area contributed by atoms with E-state index < -0.39 is 0 Å². The molecule has 3 rings (SSSR count). The zero-order valence-electron chi connectivity index (χ0n) is 15.4. The number of aromatic nitrogens is 2. The minimum absolute atomic E-state index is 0.102. The highest BCUT2D eigenvalue weighted by atomic mass is 32.1. The molecule has 8 heteroatoms. The van der Waals surface area contributed by atoms with Gasteiger partial charge in [0.1, 0.15) is 6.10 Å². The van der Waals surface area contributed by atoms with Crippen LogP contribution in [0.25, 0.3) is 0 Å². The molecule has 2 aromatic rings. The molecule has 1 saturated heterocycles. The van der Waals surface area contributed by atoms with E-state index >= 15 is 0 Å². The summed E-state index contributed by atoms with van der Waals surface area (Å²) >= 11 is 1.72.